The molecule has 4 aliphatic carbocycles. The molecule has 9 aromatic rings. The third-order valence-electron chi connectivity index (χ3n) is 14.6. The quantitative estimate of drug-likeness (QED) is 0.166. The molecule has 0 fully saturated rings. The number of benzene rings is 8. The summed E-state index contributed by atoms with van der Waals surface area (Å²) in [4.78, 5) is 2.52. The topological polar surface area (TPSA) is 16.4 Å². The van der Waals surface area contributed by atoms with Gasteiger partial charge in [-0.1, -0.05) is 214 Å². The maximum absolute atomic E-state index is 7.52. The highest BCUT2D eigenvalue weighted by molar-refractivity contribution is 6.02. The summed E-state index contributed by atoms with van der Waals surface area (Å²) in [6, 6.07) is 73.3. The lowest BCUT2D eigenvalue weighted by Gasteiger charge is -2.33. The highest BCUT2D eigenvalue weighted by Crippen LogP contribution is 2.66. The van der Waals surface area contributed by atoms with Crippen molar-refractivity contribution >= 4 is 16.9 Å². The van der Waals surface area contributed by atoms with Gasteiger partial charge < -0.3 is 9.32 Å². The minimum atomic E-state index is -0.584. The van der Waals surface area contributed by atoms with Gasteiger partial charge in [0.05, 0.1) is 11.5 Å². The van der Waals surface area contributed by atoms with Gasteiger partial charge in [0.2, 0.25) is 0 Å². The maximum Gasteiger partial charge on any atom is 0.142 e. The van der Waals surface area contributed by atoms with Crippen LogP contribution in [0.2, 0.25) is 0 Å². The summed E-state index contributed by atoms with van der Waals surface area (Å²) in [6.07, 6.45) is 11.4. The fourth-order valence-corrected chi connectivity index (χ4v) is 11.7. The van der Waals surface area contributed by atoms with E-state index in [2.05, 4.69) is 249 Å². The summed E-state index contributed by atoms with van der Waals surface area (Å²) in [7, 11) is 0. The second-order valence-electron chi connectivity index (χ2n) is 18.3. The molecule has 13 rings (SSSR count). The van der Waals surface area contributed by atoms with Crippen molar-refractivity contribution in [2.24, 2.45) is 0 Å². The molecule has 1 spiro atoms. The van der Waals surface area contributed by atoms with E-state index in [1.807, 2.05) is 0 Å². The van der Waals surface area contributed by atoms with E-state index in [-0.39, 0.29) is 11.5 Å². The number of hydrogen-bond acceptors (Lipinski definition) is 2. The number of allylic oxidation sites excluding steroid dienone is 4. The molecule has 308 valence electrons. The van der Waals surface area contributed by atoms with Crippen LogP contribution in [0.4, 0.5) is 11.4 Å². The van der Waals surface area contributed by atoms with Crippen LogP contribution < -0.4 is 4.90 Å². The molecule has 1 heterocycles. The SMILES string of the molecule is CC1(C)c2ccccc2-c2ccc(N(c3cccc(-c4ccccc4)c3)C3C=CC=CC(c4oc(-c5ccccc5)c5c4C4(c6ccccc6-c6ccccc64)c4ccccc4-5)=C3)cc21. The molecule has 0 saturated carbocycles. The standard InChI is InChI=1S/C63H45NO/c1-62(2)53-32-15-11-28-48(53)51-37-36-47(40-57(51)62)64(46-27-19-25-43(38-46)41-20-5-3-6-21-41)45-26-10-9-24-44(39-45)61-59-58(60(65-61)42-22-7-4-8-23-42)52-31-14-18-35-56(52)63(59)54-33-16-12-29-49(54)50-30-13-17-34-55(50)63/h3-40,45H,1-2H3. The molecule has 8 aromatic carbocycles. The first-order chi connectivity index (χ1) is 32.0. The van der Waals surface area contributed by atoms with Gasteiger partial charge in [-0.05, 0) is 97.1 Å². The number of fused-ring (bicyclic) bond motifs is 13. The molecule has 0 N–H and O–H groups in total. The Morgan fingerprint density at radius 3 is 1.66 bits per heavy atom. The van der Waals surface area contributed by atoms with Crippen molar-refractivity contribution < 1.29 is 4.42 Å². The summed E-state index contributed by atoms with van der Waals surface area (Å²) in [5.74, 6) is 1.80. The highest BCUT2D eigenvalue weighted by Gasteiger charge is 2.55. The molecule has 2 nitrogen and oxygen atoms in total. The molecule has 0 amide bonds. The molecular formula is C63H45NO. The molecule has 0 aliphatic heterocycles. The Hall–Kier alpha value is -7.94. The number of anilines is 2. The third-order valence-corrected chi connectivity index (χ3v) is 14.6. The Morgan fingerprint density at radius 2 is 0.969 bits per heavy atom. The number of rotatable bonds is 6. The summed E-state index contributed by atoms with van der Waals surface area (Å²) < 4.78 is 7.52. The summed E-state index contributed by atoms with van der Waals surface area (Å²) >= 11 is 0. The van der Waals surface area contributed by atoms with E-state index >= 15 is 0 Å². The molecule has 1 atom stereocenters. The maximum atomic E-state index is 7.52. The summed E-state index contributed by atoms with van der Waals surface area (Å²) in [5.41, 5.74) is 21.4. The van der Waals surface area contributed by atoms with Crippen LogP contribution >= 0.6 is 0 Å². The van der Waals surface area contributed by atoms with E-state index in [9.17, 15) is 0 Å². The van der Waals surface area contributed by atoms with Crippen molar-refractivity contribution in [2.45, 2.75) is 30.7 Å². The average molecular weight is 832 g/mol. The van der Waals surface area contributed by atoms with Crippen LogP contribution in [0.25, 0.3) is 61.4 Å². The van der Waals surface area contributed by atoms with Crippen LogP contribution in [0, 0.1) is 0 Å². The van der Waals surface area contributed by atoms with E-state index in [4.69, 9.17) is 4.42 Å². The molecule has 0 radical (unpaired) electrons. The Bertz CT molecular complexity index is 3420. The molecule has 2 heteroatoms. The summed E-state index contributed by atoms with van der Waals surface area (Å²) in [5, 5.41) is 0. The zero-order valence-electron chi connectivity index (χ0n) is 36.4. The Kier molecular flexibility index (Phi) is 8.27. The lowest BCUT2D eigenvalue weighted by atomic mass is 9.70. The number of nitrogens with zero attached hydrogens (tertiary/aromatic N) is 1. The van der Waals surface area contributed by atoms with Gasteiger partial charge in [-0.2, -0.15) is 0 Å². The first-order valence-electron chi connectivity index (χ1n) is 22.8. The average Bonchev–Trinajstić information content (AvgIpc) is 3.99. The number of furan rings is 1. The van der Waals surface area contributed by atoms with Crippen LogP contribution in [0.3, 0.4) is 0 Å². The van der Waals surface area contributed by atoms with Crippen LogP contribution in [0.15, 0.2) is 235 Å². The van der Waals surface area contributed by atoms with Gasteiger partial charge in [0.1, 0.15) is 11.5 Å². The van der Waals surface area contributed by atoms with Gasteiger partial charge in [-0.3, -0.25) is 0 Å². The molecule has 4 aliphatic rings. The first-order valence-corrected chi connectivity index (χ1v) is 22.8. The van der Waals surface area contributed by atoms with Crippen molar-refractivity contribution in [1.29, 1.82) is 0 Å². The highest BCUT2D eigenvalue weighted by atomic mass is 16.3. The molecular weight excluding hydrogens is 787 g/mol. The fraction of sp³-hybridized carbons (Fsp3) is 0.0794. The molecule has 1 aromatic heterocycles. The monoisotopic (exact) mass is 831 g/mol. The molecule has 1 unspecified atom stereocenters. The molecule has 65 heavy (non-hydrogen) atoms. The summed E-state index contributed by atoms with van der Waals surface area (Å²) in [6.45, 7) is 4.73. The first kappa shape index (κ1) is 37.6. The lowest BCUT2D eigenvalue weighted by molar-refractivity contribution is 0.557. The largest absolute Gasteiger partial charge is 0.455 e. The van der Waals surface area contributed by atoms with Crippen molar-refractivity contribution in [3.05, 3.63) is 270 Å². The van der Waals surface area contributed by atoms with Crippen molar-refractivity contribution in [3.63, 3.8) is 0 Å². The third kappa shape index (κ3) is 5.41. The van der Waals surface area contributed by atoms with E-state index in [1.54, 1.807) is 0 Å². The van der Waals surface area contributed by atoms with Crippen molar-refractivity contribution in [3.8, 4) is 55.8 Å². The second-order valence-corrected chi connectivity index (χ2v) is 18.3. The van der Waals surface area contributed by atoms with E-state index < -0.39 is 5.41 Å². The Morgan fingerprint density at radius 1 is 0.431 bits per heavy atom. The fourth-order valence-electron chi connectivity index (χ4n) is 11.7. The second kappa shape index (κ2) is 14.3. The minimum absolute atomic E-state index is 0.152. The van der Waals surface area contributed by atoms with Crippen LogP contribution in [0.5, 0.6) is 0 Å². The lowest BCUT2D eigenvalue weighted by Crippen LogP contribution is -2.29. The van der Waals surface area contributed by atoms with Gasteiger partial charge in [0.25, 0.3) is 0 Å². The van der Waals surface area contributed by atoms with Gasteiger partial charge in [0.15, 0.2) is 0 Å². The van der Waals surface area contributed by atoms with Crippen molar-refractivity contribution in [2.75, 3.05) is 4.90 Å². The van der Waals surface area contributed by atoms with E-state index in [0.29, 0.717) is 0 Å². The smallest absolute Gasteiger partial charge is 0.142 e. The minimum Gasteiger partial charge on any atom is -0.455 e. The molecule has 0 saturated heterocycles. The zero-order chi connectivity index (χ0) is 43.3. The van der Waals surface area contributed by atoms with Crippen LogP contribution in [0.1, 0.15) is 53.0 Å². The number of hydrogen-bond donors (Lipinski definition) is 0. The van der Waals surface area contributed by atoms with E-state index in [1.165, 1.54) is 77.9 Å². The van der Waals surface area contributed by atoms with Gasteiger partial charge >= 0.3 is 0 Å². The Balaban J connectivity index is 1.06. The normalized spacial score (nSPS) is 16.2. The van der Waals surface area contributed by atoms with Gasteiger partial charge in [-0.25, -0.2) is 0 Å². The van der Waals surface area contributed by atoms with E-state index in [0.717, 1.165) is 34.0 Å². The van der Waals surface area contributed by atoms with Gasteiger partial charge in [-0.15, -0.1) is 0 Å². The van der Waals surface area contributed by atoms with Crippen LogP contribution in [-0.2, 0) is 10.8 Å². The predicted molar refractivity (Wildman–Crippen MR) is 269 cm³/mol. The van der Waals surface area contributed by atoms with Crippen molar-refractivity contribution in [1.82, 2.24) is 0 Å². The van der Waals surface area contributed by atoms with Gasteiger partial charge in [0, 0.05) is 39.1 Å². The zero-order valence-corrected chi connectivity index (χ0v) is 36.4. The van der Waals surface area contributed by atoms with Crippen LogP contribution in [-0.4, -0.2) is 6.04 Å². The predicted octanol–water partition coefficient (Wildman–Crippen LogP) is 16.0. The molecule has 0 bridgehead atoms. The Labute approximate surface area is 380 Å².